The zero-order valence-electron chi connectivity index (χ0n) is 9.54. The molecule has 0 amide bonds. The molecular formula is C13H18BrNO. The molecule has 1 unspecified atom stereocenters. The van der Waals surface area contributed by atoms with E-state index in [-0.39, 0.29) is 6.10 Å². The van der Waals surface area contributed by atoms with Gasteiger partial charge in [-0.1, -0.05) is 22.0 Å². The summed E-state index contributed by atoms with van der Waals surface area (Å²) in [6, 6.07) is 6.88. The maximum Gasteiger partial charge on any atom is 0.0705 e. The van der Waals surface area contributed by atoms with Gasteiger partial charge in [0.1, 0.15) is 0 Å². The molecule has 1 saturated carbocycles. The van der Waals surface area contributed by atoms with Crippen LogP contribution in [0.4, 0.5) is 0 Å². The van der Waals surface area contributed by atoms with E-state index in [1.54, 1.807) is 0 Å². The van der Waals surface area contributed by atoms with Crippen LogP contribution < -0.4 is 5.32 Å². The minimum atomic E-state index is -0.277. The summed E-state index contributed by atoms with van der Waals surface area (Å²) >= 11 is 3.45. The number of nitrogens with one attached hydrogen (secondary N) is 1. The van der Waals surface area contributed by atoms with E-state index in [0.29, 0.717) is 12.6 Å². The van der Waals surface area contributed by atoms with Gasteiger partial charge in [-0.25, -0.2) is 0 Å². The molecule has 1 aromatic rings. The molecule has 0 spiro atoms. The van der Waals surface area contributed by atoms with E-state index < -0.39 is 0 Å². The van der Waals surface area contributed by atoms with E-state index in [1.807, 2.05) is 6.07 Å². The molecule has 88 valence electrons. The standard InChI is InChI=1S/C13H18BrNO/c1-9-6-11(14)3-2-10(9)7-13(16)8-15-12-4-5-12/h2-3,6,12-13,15-16H,4-5,7-8H2,1H3. The lowest BCUT2D eigenvalue weighted by Crippen LogP contribution is -2.29. The van der Waals surface area contributed by atoms with Crippen LogP contribution in [0.5, 0.6) is 0 Å². The minimum absolute atomic E-state index is 0.277. The highest BCUT2D eigenvalue weighted by Gasteiger charge is 2.21. The van der Waals surface area contributed by atoms with Crippen molar-refractivity contribution >= 4 is 15.9 Å². The summed E-state index contributed by atoms with van der Waals surface area (Å²) in [6.07, 6.45) is 2.99. The number of halogens is 1. The van der Waals surface area contributed by atoms with Crippen LogP contribution in [-0.4, -0.2) is 23.8 Å². The van der Waals surface area contributed by atoms with Crippen molar-refractivity contribution in [1.82, 2.24) is 5.32 Å². The second-order valence-corrected chi connectivity index (χ2v) is 5.53. The van der Waals surface area contributed by atoms with E-state index in [0.717, 1.165) is 10.9 Å². The smallest absolute Gasteiger partial charge is 0.0705 e. The van der Waals surface area contributed by atoms with Gasteiger partial charge in [-0.3, -0.25) is 0 Å². The molecule has 2 nitrogen and oxygen atoms in total. The lowest BCUT2D eigenvalue weighted by atomic mass is 10.0. The van der Waals surface area contributed by atoms with Crippen LogP contribution >= 0.6 is 15.9 Å². The van der Waals surface area contributed by atoms with Crippen LogP contribution in [0.1, 0.15) is 24.0 Å². The maximum atomic E-state index is 9.90. The lowest BCUT2D eigenvalue weighted by molar-refractivity contribution is 0.171. The second-order valence-electron chi connectivity index (χ2n) is 4.61. The first kappa shape index (κ1) is 12.1. The summed E-state index contributed by atoms with van der Waals surface area (Å²) < 4.78 is 1.10. The summed E-state index contributed by atoms with van der Waals surface area (Å²) in [5.41, 5.74) is 2.47. The number of rotatable bonds is 5. The molecule has 0 aliphatic heterocycles. The number of hydrogen-bond donors (Lipinski definition) is 2. The van der Waals surface area contributed by atoms with E-state index in [2.05, 4.69) is 40.3 Å². The molecule has 0 heterocycles. The third-order valence-corrected chi connectivity index (χ3v) is 3.47. The van der Waals surface area contributed by atoms with Gasteiger partial charge in [0.15, 0.2) is 0 Å². The fourth-order valence-corrected chi connectivity index (χ4v) is 2.28. The van der Waals surface area contributed by atoms with Crippen LogP contribution in [0.25, 0.3) is 0 Å². The Labute approximate surface area is 105 Å². The molecule has 0 saturated heterocycles. The van der Waals surface area contributed by atoms with E-state index >= 15 is 0 Å². The van der Waals surface area contributed by atoms with Crippen molar-refractivity contribution in [2.45, 2.75) is 38.3 Å². The molecule has 1 aromatic carbocycles. The van der Waals surface area contributed by atoms with E-state index in [9.17, 15) is 5.11 Å². The highest BCUT2D eigenvalue weighted by atomic mass is 79.9. The lowest BCUT2D eigenvalue weighted by Gasteiger charge is -2.13. The zero-order chi connectivity index (χ0) is 11.5. The average Bonchev–Trinajstić information content (AvgIpc) is 3.03. The van der Waals surface area contributed by atoms with Gasteiger partial charge in [-0.2, -0.15) is 0 Å². The Morgan fingerprint density at radius 2 is 2.25 bits per heavy atom. The first-order valence-electron chi connectivity index (χ1n) is 5.81. The van der Waals surface area contributed by atoms with Gasteiger partial charge in [0.25, 0.3) is 0 Å². The van der Waals surface area contributed by atoms with E-state index in [4.69, 9.17) is 0 Å². The topological polar surface area (TPSA) is 32.3 Å². The van der Waals surface area contributed by atoms with Crippen molar-refractivity contribution in [2.75, 3.05) is 6.54 Å². The number of aliphatic hydroxyl groups is 1. The van der Waals surface area contributed by atoms with Crippen molar-refractivity contribution in [3.05, 3.63) is 33.8 Å². The van der Waals surface area contributed by atoms with Gasteiger partial charge < -0.3 is 10.4 Å². The Balaban J connectivity index is 1.86. The highest BCUT2D eigenvalue weighted by molar-refractivity contribution is 9.10. The Kier molecular flexibility index (Phi) is 4.00. The summed E-state index contributed by atoms with van der Waals surface area (Å²) in [6.45, 7) is 2.79. The van der Waals surface area contributed by atoms with E-state index in [1.165, 1.54) is 24.0 Å². The number of hydrogen-bond acceptors (Lipinski definition) is 2. The predicted octanol–water partition coefficient (Wildman–Crippen LogP) is 2.41. The van der Waals surface area contributed by atoms with Crippen molar-refractivity contribution in [2.24, 2.45) is 0 Å². The molecule has 3 heteroatoms. The van der Waals surface area contributed by atoms with Gasteiger partial charge >= 0.3 is 0 Å². The maximum absolute atomic E-state index is 9.90. The number of aliphatic hydroxyl groups excluding tert-OH is 1. The third-order valence-electron chi connectivity index (χ3n) is 2.98. The predicted molar refractivity (Wildman–Crippen MR) is 69.6 cm³/mol. The Hall–Kier alpha value is -0.380. The van der Waals surface area contributed by atoms with Gasteiger partial charge in [0.05, 0.1) is 6.10 Å². The summed E-state index contributed by atoms with van der Waals surface area (Å²) in [5.74, 6) is 0. The third kappa shape index (κ3) is 3.58. The first-order chi connectivity index (χ1) is 7.65. The Morgan fingerprint density at radius 3 is 2.88 bits per heavy atom. The largest absolute Gasteiger partial charge is 0.391 e. The Bertz CT molecular complexity index is 363. The zero-order valence-corrected chi connectivity index (χ0v) is 11.1. The quantitative estimate of drug-likeness (QED) is 0.870. The van der Waals surface area contributed by atoms with Gasteiger partial charge in [0.2, 0.25) is 0 Å². The van der Waals surface area contributed by atoms with Crippen LogP contribution in [-0.2, 0) is 6.42 Å². The van der Waals surface area contributed by atoms with Crippen molar-refractivity contribution in [1.29, 1.82) is 0 Å². The fraction of sp³-hybridized carbons (Fsp3) is 0.538. The van der Waals surface area contributed by atoms with Crippen molar-refractivity contribution in [3.8, 4) is 0 Å². The Morgan fingerprint density at radius 1 is 1.50 bits per heavy atom. The number of aryl methyl sites for hydroxylation is 1. The molecule has 0 bridgehead atoms. The molecule has 1 atom stereocenters. The fourth-order valence-electron chi connectivity index (χ4n) is 1.80. The molecule has 1 fully saturated rings. The summed E-state index contributed by atoms with van der Waals surface area (Å²) in [4.78, 5) is 0. The highest BCUT2D eigenvalue weighted by Crippen LogP contribution is 2.19. The van der Waals surface area contributed by atoms with Gasteiger partial charge in [-0.05, 0) is 49.4 Å². The normalized spacial score (nSPS) is 17.4. The molecular weight excluding hydrogens is 266 g/mol. The van der Waals surface area contributed by atoms with Crippen LogP contribution in [0, 0.1) is 6.92 Å². The summed E-state index contributed by atoms with van der Waals surface area (Å²) in [7, 11) is 0. The van der Waals surface area contributed by atoms with Gasteiger partial charge in [0, 0.05) is 17.1 Å². The molecule has 2 N–H and O–H groups in total. The summed E-state index contributed by atoms with van der Waals surface area (Å²) in [5, 5.41) is 13.2. The monoisotopic (exact) mass is 283 g/mol. The average molecular weight is 284 g/mol. The van der Waals surface area contributed by atoms with Crippen LogP contribution in [0.2, 0.25) is 0 Å². The molecule has 1 aliphatic carbocycles. The van der Waals surface area contributed by atoms with Crippen LogP contribution in [0.15, 0.2) is 22.7 Å². The van der Waals surface area contributed by atoms with Crippen molar-refractivity contribution in [3.63, 3.8) is 0 Å². The first-order valence-corrected chi connectivity index (χ1v) is 6.61. The molecule has 16 heavy (non-hydrogen) atoms. The second kappa shape index (κ2) is 5.30. The van der Waals surface area contributed by atoms with Crippen LogP contribution in [0.3, 0.4) is 0 Å². The SMILES string of the molecule is Cc1cc(Br)ccc1CC(O)CNC1CC1. The number of benzene rings is 1. The minimum Gasteiger partial charge on any atom is -0.391 e. The molecule has 0 radical (unpaired) electrons. The van der Waals surface area contributed by atoms with Crippen molar-refractivity contribution < 1.29 is 5.11 Å². The molecule has 2 rings (SSSR count). The van der Waals surface area contributed by atoms with Gasteiger partial charge in [-0.15, -0.1) is 0 Å². The molecule has 0 aromatic heterocycles. The molecule has 1 aliphatic rings.